The number of fused-ring (bicyclic) bond motifs is 1. The van der Waals surface area contributed by atoms with Gasteiger partial charge >= 0.3 is 0 Å². The van der Waals surface area contributed by atoms with Crippen molar-refractivity contribution in [2.75, 3.05) is 71.5 Å². The number of nitrogens with one attached hydrogen (secondary N) is 2. The second kappa shape index (κ2) is 11.0. The molecule has 0 spiro atoms. The predicted molar refractivity (Wildman–Crippen MR) is 132 cm³/mol. The van der Waals surface area contributed by atoms with Crippen molar-refractivity contribution in [3.63, 3.8) is 0 Å². The number of likely N-dealkylation sites (tertiary alicyclic amines) is 1. The maximum absolute atomic E-state index is 6.15. The van der Waals surface area contributed by atoms with Gasteiger partial charge in [0.05, 0.1) is 25.9 Å². The third-order valence-corrected chi connectivity index (χ3v) is 6.43. The first kappa shape index (κ1) is 22.8. The number of methoxy groups -OCH3 is 1. The molecule has 2 N–H and O–H groups in total. The molecule has 34 heavy (non-hydrogen) atoms. The van der Waals surface area contributed by atoms with E-state index in [0.29, 0.717) is 30.7 Å². The molecule has 0 aliphatic carbocycles. The van der Waals surface area contributed by atoms with Crippen LogP contribution in [0.3, 0.4) is 0 Å². The highest BCUT2D eigenvalue weighted by molar-refractivity contribution is 5.92. The van der Waals surface area contributed by atoms with E-state index in [9.17, 15) is 0 Å². The second-order valence-corrected chi connectivity index (χ2v) is 8.80. The maximum Gasteiger partial charge on any atom is 0.253 e. The van der Waals surface area contributed by atoms with Crippen LogP contribution in [0.4, 0.5) is 5.82 Å². The Morgan fingerprint density at radius 2 is 1.88 bits per heavy atom. The summed E-state index contributed by atoms with van der Waals surface area (Å²) in [6.07, 6.45) is 7.18. The fourth-order valence-corrected chi connectivity index (χ4v) is 4.55. The molecular weight excluding hydrogens is 432 g/mol. The van der Waals surface area contributed by atoms with Crippen LogP contribution >= 0.6 is 0 Å². The molecule has 3 aromatic rings. The Labute approximate surface area is 200 Å². The summed E-state index contributed by atoms with van der Waals surface area (Å²) in [4.78, 5) is 14.4. The van der Waals surface area contributed by atoms with Gasteiger partial charge in [0.1, 0.15) is 5.82 Å². The van der Waals surface area contributed by atoms with Crippen LogP contribution in [0.5, 0.6) is 11.5 Å². The van der Waals surface area contributed by atoms with E-state index in [1.165, 1.54) is 25.9 Å². The minimum atomic E-state index is 0.519. The lowest BCUT2D eigenvalue weighted by atomic mass is 10.2. The van der Waals surface area contributed by atoms with Gasteiger partial charge in [-0.3, -0.25) is 4.90 Å². The quantitative estimate of drug-likeness (QED) is 0.435. The molecular formula is C24H34N8O2. The van der Waals surface area contributed by atoms with E-state index < -0.39 is 0 Å². The van der Waals surface area contributed by atoms with Crippen molar-refractivity contribution in [2.24, 2.45) is 0 Å². The number of benzene rings is 1. The van der Waals surface area contributed by atoms with E-state index in [1.54, 1.807) is 18.0 Å². The lowest BCUT2D eigenvalue weighted by Crippen LogP contribution is -2.45. The lowest BCUT2D eigenvalue weighted by Gasteiger charge is -2.27. The largest absolute Gasteiger partial charge is 0.493 e. The Morgan fingerprint density at radius 3 is 2.65 bits per heavy atom. The summed E-state index contributed by atoms with van der Waals surface area (Å²) in [6.45, 7) is 8.83. The average Bonchev–Trinajstić information content (AvgIpc) is 3.60. The van der Waals surface area contributed by atoms with E-state index in [1.807, 2.05) is 24.4 Å². The molecule has 10 heteroatoms. The van der Waals surface area contributed by atoms with E-state index in [4.69, 9.17) is 19.4 Å². The van der Waals surface area contributed by atoms with Crippen molar-refractivity contribution in [3.05, 3.63) is 30.6 Å². The molecule has 2 aromatic heterocycles. The van der Waals surface area contributed by atoms with Crippen LogP contribution in [0.15, 0.2) is 30.6 Å². The standard InChI is InChI=1S/C24H34N8O2/c1-33-21-16-19-20(17-22(21)34-15-5-11-30-9-2-3-10-30)28-24(32-12-4-6-27-32)29-23(19)26-18-31-13-7-25-8-14-31/h4,6,12,16-17,25H,2-3,5,7-11,13-15,18H2,1H3,(H,26,28,29). The number of anilines is 1. The average molecular weight is 467 g/mol. The Morgan fingerprint density at radius 1 is 1.03 bits per heavy atom. The summed E-state index contributed by atoms with van der Waals surface area (Å²) in [7, 11) is 1.67. The second-order valence-electron chi connectivity index (χ2n) is 8.80. The van der Waals surface area contributed by atoms with Crippen molar-refractivity contribution < 1.29 is 9.47 Å². The molecule has 0 radical (unpaired) electrons. The fourth-order valence-electron chi connectivity index (χ4n) is 4.55. The summed E-state index contributed by atoms with van der Waals surface area (Å²) >= 11 is 0. The van der Waals surface area contributed by atoms with E-state index >= 15 is 0 Å². The highest BCUT2D eigenvalue weighted by Gasteiger charge is 2.17. The number of piperazine rings is 1. The Bertz CT molecular complexity index is 1060. The van der Waals surface area contributed by atoms with E-state index in [-0.39, 0.29) is 0 Å². The molecule has 182 valence electrons. The Hall–Kier alpha value is -2.95. The molecule has 2 aliphatic heterocycles. The molecule has 0 unspecified atom stereocenters. The first-order valence-corrected chi connectivity index (χ1v) is 12.2. The molecule has 0 saturated carbocycles. The Balaban J connectivity index is 1.39. The minimum Gasteiger partial charge on any atom is -0.493 e. The van der Waals surface area contributed by atoms with Gasteiger partial charge in [-0.05, 0) is 44.5 Å². The van der Waals surface area contributed by atoms with Crippen LogP contribution in [0.25, 0.3) is 16.9 Å². The summed E-state index contributed by atoms with van der Waals surface area (Å²) in [6, 6.07) is 5.79. The zero-order valence-corrected chi connectivity index (χ0v) is 19.9. The molecule has 0 bridgehead atoms. The van der Waals surface area contributed by atoms with Crippen LogP contribution in [-0.4, -0.2) is 95.7 Å². The van der Waals surface area contributed by atoms with Gasteiger partial charge in [0.2, 0.25) is 0 Å². The first-order valence-electron chi connectivity index (χ1n) is 12.2. The van der Waals surface area contributed by atoms with Crippen molar-refractivity contribution in [1.29, 1.82) is 0 Å². The van der Waals surface area contributed by atoms with Crippen molar-refractivity contribution in [3.8, 4) is 17.4 Å². The van der Waals surface area contributed by atoms with Crippen molar-refractivity contribution in [2.45, 2.75) is 19.3 Å². The third-order valence-electron chi connectivity index (χ3n) is 6.43. The highest BCUT2D eigenvalue weighted by atomic mass is 16.5. The molecule has 0 atom stereocenters. The van der Waals surface area contributed by atoms with Crippen LogP contribution in [0, 0.1) is 0 Å². The van der Waals surface area contributed by atoms with E-state index in [0.717, 1.165) is 55.9 Å². The zero-order chi connectivity index (χ0) is 23.2. The number of nitrogens with zero attached hydrogens (tertiary/aromatic N) is 6. The fraction of sp³-hybridized carbons (Fsp3) is 0.542. The zero-order valence-electron chi connectivity index (χ0n) is 19.9. The monoisotopic (exact) mass is 466 g/mol. The highest BCUT2D eigenvalue weighted by Crippen LogP contribution is 2.34. The third kappa shape index (κ3) is 5.40. The maximum atomic E-state index is 6.15. The van der Waals surface area contributed by atoms with Gasteiger partial charge in [-0.25, -0.2) is 9.67 Å². The molecule has 2 saturated heterocycles. The minimum absolute atomic E-state index is 0.519. The first-order chi connectivity index (χ1) is 16.8. The normalized spacial score (nSPS) is 17.3. The predicted octanol–water partition coefficient (Wildman–Crippen LogP) is 1.96. The summed E-state index contributed by atoms with van der Waals surface area (Å²) in [5.74, 6) is 2.67. The van der Waals surface area contributed by atoms with Crippen molar-refractivity contribution in [1.82, 2.24) is 34.9 Å². The summed E-state index contributed by atoms with van der Waals surface area (Å²) in [5, 5.41) is 12.1. The molecule has 1 aromatic carbocycles. The van der Waals surface area contributed by atoms with Gasteiger partial charge in [0.15, 0.2) is 11.5 Å². The molecule has 0 amide bonds. The van der Waals surface area contributed by atoms with Crippen LogP contribution in [0.1, 0.15) is 19.3 Å². The number of rotatable bonds is 10. The molecule has 2 fully saturated rings. The van der Waals surface area contributed by atoms with Gasteiger partial charge in [-0.15, -0.1) is 0 Å². The molecule has 4 heterocycles. The summed E-state index contributed by atoms with van der Waals surface area (Å²) < 4.78 is 13.5. The SMILES string of the molecule is COc1cc2c(NCN3CCNCC3)nc(-n3cccn3)nc2cc1OCCCN1CCCC1. The van der Waals surface area contributed by atoms with Crippen LogP contribution in [-0.2, 0) is 0 Å². The number of ether oxygens (including phenoxy) is 2. The lowest BCUT2D eigenvalue weighted by molar-refractivity contribution is 0.254. The van der Waals surface area contributed by atoms with Crippen molar-refractivity contribution >= 4 is 16.7 Å². The smallest absolute Gasteiger partial charge is 0.253 e. The number of hydrogen-bond donors (Lipinski definition) is 2. The van der Waals surface area contributed by atoms with Gasteiger partial charge in [0.25, 0.3) is 5.95 Å². The van der Waals surface area contributed by atoms with Gasteiger partial charge in [0, 0.05) is 56.6 Å². The summed E-state index contributed by atoms with van der Waals surface area (Å²) in [5.41, 5.74) is 0.790. The van der Waals surface area contributed by atoms with Gasteiger partial charge in [-0.2, -0.15) is 10.1 Å². The van der Waals surface area contributed by atoms with E-state index in [2.05, 4.69) is 25.5 Å². The Kier molecular flexibility index (Phi) is 7.37. The van der Waals surface area contributed by atoms with Gasteiger partial charge in [-0.1, -0.05) is 0 Å². The molecule has 5 rings (SSSR count). The number of aromatic nitrogens is 4. The van der Waals surface area contributed by atoms with Crippen LogP contribution < -0.4 is 20.1 Å². The van der Waals surface area contributed by atoms with Gasteiger partial charge < -0.3 is 25.0 Å². The van der Waals surface area contributed by atoms with Crippen LogP contribution in [0.2, 0.25) is 0 Å². The number of hydrogen-bond acceptors (Lipinski definition) is 9. The topological polar surface area (TPSA) is 92.6 Å². The molecule has 2 aliphatic rings. The molecule has 10 nitrogen and oxygen atoms in total.